The van der Waals surface area contributed by atoms with Crippen LogP contribution in [0.1, 0.15) is 105 Å². The minimum absolute atomic E-state index is 0.0537. The monoisotopic (exact) mass is 395 g/mol. The molecule has 4 atom stereocenters. The summed E-state index contributed by atoms with van der Waals surface area (Å²) in [5.41, 5.74) is 6.47. The molecule has 0 saturated carbocycles. The summed E-state index contributed by atoms with van der Waals surface area (Å²) in [5, 5.41) is 9.92. The lowest BCUT2D eigenvalue weighted by atomic mass is 9.74. The molecular formula is C25H49NO2. The summed E-state index contributed by atoms with van der Waals surface area (Å²) in [6.45, 7) is 10.7. The quantitative estimate of drug-likeness (QED) is 0.304. The van der Waals surface area contributed by atoms with E-state index in [1.165, 1.54) is 57.8 Å². The second-order valence-corrected chi connectivity index (χ2v) is 9.39. The van der Waals surface area contributed by atoms with Crippen molar-refractivity contribution < 1.29 is 9.84 Å². The van der Waals surface area contributed by atoms with Gasteiger partial charge in [-0.15, -0.1) is 0 Å². The van der Waals surface area contributed by atoms with Gasteiger partial charge in [-0.25, -0.2) is 0 Å². The number of nitrogens with two attached hydrogens (primary N) is 1. The number of aliphatic hydroxyl groups excluding tert-OH is 1. The standard InChI is InChI=1S/C25H49NO2/c1-5-9-16-24(7-3,19-26)18-15-22-11-13-23(14-12-22)28-21-25(8-4,20-27)17-10-6-2/h11,13,22-23,27H,5-10,12,14-21,26H2,1-4H3. The van der Waals surface area contributed by atoms with Crippen molar-refractivity contribution in [2.75, 3.05) is 19.8 Å². The van der Waals surface area contributed by atoms with E-state index in [9.17, 15) is 5.11 Å². The van der Waals surface area contributed by atoms with Crippen LogP contribution in [0.25, 0.3) is 0 Å². The van der Waals surface area contributed by atoms with Crippen LogP contribution in [0.15, 0.2) is 12.2 Å². The van der Waals surface area contributed by atoms with Crippen molar-refractivity contribution >= 4 is 0 Å². The fourth-order valence-electron chi connectivity index (χ4n) is 4.52. The van der Waals surface area contributed by atoms with Gasteiger partial charge in [-0.2, -0.15) is 0 Å². The number of hydrogen-bond donors (Lipinski definition) is 2. The molecule has 3 N–H and O–H groups in total. The summed E-state index contributed by atoms with van der Waals surface area (Å²) >= 11 is 0. The number of hydrogen-bond acceptors (Lipinski definition) is 3. The zero-order valence-electron chi connectivity index (χ0n) is 19.3. The fourth-order valence-corrected chi connectivity index (χ4v) is 4.52. The average molecular weight is 396 g/mol. The van der Waals surface area contributed by atoms with E-state index in [0.717, 1.165) is 25.8 Å². The lowest BCUT2D eigenvalue weighted by molar-refractivity contribution is -0.0297. The Morgan fingerprint density at radius 2 is 1.57 bits per heavy atom. The summed E-state index contributed by atoms with van der Waals surface area (Å²) < 4.78 is 6.25. The maximum absolute atomic E-state index is 9.92. The summed E-state index contributed by atoms with van der Waals surface area (Å²) in [6.07, 6.45) is 19.1. The zero-order chi connectivity index (χ0) is 20.9. The highest BCUT2D eigenvalue weighted by molar-refractivity contribution is 5.00. The Hall–Kier alpha value is -0.380. The van der Waals surface area contributed by atoms with E-state index >= 15 is 0 Å². The van der Waals surface area contributed by atoms with Crippen LogP contribution >= 0.6 is 0 Å². The van der Waals surface area contributed by atoms with Gasteiger partial charge in [0, 0.05) is 5.41 Å². The molecule has 0 radical (unpaired) electrons. The molecule has 0 spiro atoms. The van der Waals surface area contributed by atoms with Crippen LogP contribution in [0.5, 0.6) is 0 Å². The lowest BCUT2D eigenvalue weighted by Crippen LogP contribution is -2.33. The van der Waals surface area contributed by atoms with Crippen molar-refractivity contribution in [3.8, 4) is 0 Å². The third kappa shape index (κ3) is 8.16. The van der Waals surface area contributed by atoms with Gasteiger partial charge in [0.05, 0.1) is 19.3 Å². The normalized spacial score (nSPS) is 24.1. The van der Waals surface area contributed by atoms with Gasteiger partial charge in [-0.3, -0.25) is 0 Å². The van der Waals surface area contributed by atoms with Crippen molar-refractivity contribution in [3.63, 3.8) is 0 Å². The Labute approximate surface area is 175 Å². The fraction of sp³-hybridized carbons (Fsp3) is 0.920. The molecule has 166 valence electrons. The molecule has 1 aliphatic carbocycles. The Morgan fingerprint density at radius 1 is 0.929 bits per heavy atom. The van der Waals surface area contributed by atoms with Crippen molar-refractivity contribution in [1.29, 1.82) is 0 Å². The van der Waals surface area contributed by atoms with Gasteiger partial charge in [0.15, 0.2) is 0 Å². The Balaban J connectivity index is 2.49. The van der Waals surface area contributed by atoms with Crippen LogP contribution in [-0.4, -0.2) is 31.0 Å². The number of ether oxygens (including phenoxy) is 1. The zero-order valence-corrected chi connectivity index (χ0v) is 19.3. The number of unbranched alkanes of at least 4 members (excludes halogenated alkanes) is 2. The smallest absolute Gasteiger partial charge is 0.0756 e. The van der Waals surface area contributed by atoms with Crippen LogP contribution in [0.3, 0.4) is 0 Å². The first kappa shape index (κ1) is 25.7. The van der Waals surface area contributed by atoms with Gasteiger partial charge in [0.2, 0.25) is 0 Å². The van der Waals surface area contributed by atoms with E-state index in [1.807, 2.05) is 0 Å². The van der Waals surface area contributed by atoms with Crippen molar-refractivity contribution in [1.82, 2.24) is 0 Å². The van der Waals surface area contributed by atoms with E-state index in [2.05, 4.69) is 39.8 Å². The number of aliphatic hydroxyl groups is 1. The molecule has 0 amide bonds. The molecule has 3 nitrogen and oxygen atoms in total. The summed E-state index contributed by atoms with van der Waals surface area (Å²) in [7, 11) is 0. The second kappa shape index (κ2) is 13.8. The van der Waals surface area contributed by atoms with Crippen LogP contribution in [0.2, 0.25) is 0 Å². The molecule has 0 aromatic heterocycles. The van der Waals surface area contributed by atoms with E-state index in [1.54, 1.807) is 0 Å². The highest BCUT2D eigenvalue weighted by Crippen LogP contribution is 2.37. The topological polar surface area (TPSA) is 55.5 Å². The van der Waals surface area contributed by atoms with Gasteiger partial charge in [-0.1, -0.05) is 65.5 Å². The first-order chi connectivity index (χ1) is 13.5. The van der Waals surface area contributed by atoms with E-state index in [4.69, 9.17) is 10.5 Å². The highest BCUT2D eigenvalue weighted by Gasteiger charge is 2.30. The minimum atomic E-state index is -0.0537. The predicted molar refractivity (Wildman–Crippen MR) is 121 cm³/mol. The molecule has 0 aromatic carbocycles. The SMILES string of the molecule is CCCCC(CC)(CN)CCC1C=CC(OCC(CC)(CO)CCCC)CC1. The van der Waals surface area contributed by atoms with Gasteiger partial charge in [0.25, 0.3) is 0 Å². The summed E-state index contributed by atoms with van der Waals surface area (Å²) in [5.74, 6) is 0.674. The Kier molecular flexibility index (Phi) is 12.6. The maximum atomic E-state index is 9.92. The third-order valence-corrected chi connectivity index (χ3v) is 7.46. The molecule has 1 aliphatic rings. The van der Waals surface area contributed by atoms with E-state index in [-0.39, 0.29) is 18.1 Å². The summed E-state index contributed by atoms with van der Waals surface area (Å²) in [4.78, 5) is 0. The first-order valence-electron chi connectivity index (χ1n) is 12.1. The number of allylic oxidation sites excluding steroid dienone is 1. The minimum Gasteiger partial charge on any atom is -0.396 e. The molecule has 0 aliphatic heterocycles. The first-order valence-corrected chi connectivity index (χ1v) is 12.1. The van der Waals surface area contributed by atoms with Crippen molar-refractivity contribution in [2.45, 2.75) is 111 Å². The largest absolute Gasteiger partial charge is 0.396 e. The predicted octanol–water partition coefficient (Wildman–Crippen LogP) is 6.24. The Bertz CT molecular complexity index is 375. The number of rotatable bonds is 16. The van der Waals surface area contributed by atoms with E-state index in [0.29, 0.717) is 17.9 Å². The molecule has 3 heteroatoms. The molecule has 1 rings (SSSR count). The highest BCUT2D eigenvalue weighted by atomic mass is 16.5. The van der Waals surface area contributed by atoms with E-state index < -0.39 is 0 Å². The molecule has 0 bridgehead atoms. The van der Waals surface area contributed by atoms with Crippen molar-refractivity contribution in [3.05, 3.63) is 12.2 Å². The average Bonchev–Trinajstić information content (AvgIpc) is 2.76. The maximum Gasteiger partial charge on any atom is 0.0756 e. The molecule has 4 unspecified atom stereocenters. The molecule has 0 aromatic rings. The second-order valence-electron chi connectivity index (χ2n) is 9.39. The molecule has 28 heavy (non-hydrogen) atoms. The molecule has 0 heterocycles. The third-order valence-electron chi connectivity index (χ3n) is 7.46. The van der Waals surface area contributed by atoms with Crippen molar-refractivity contribution in [2.24, 2.45) is 22.5 Å². The van der Waals surface area contributed by atoms with Gasteiger partial charge >= 0.3 is 0 Å². The van der Waals surface area contributed by atoms with Gasteiger partial charge in [-0.05, 0) is 69.2 Å². The van der Waals surface area contributed by atoms with Crippen LogP contribution in [-0.2, 0) is 4.74 Å². The van der Waals surface area contributed by atoms with Crippen LogP contribution < -0.4 is 5.73 Å². The molecule has 0 saturated heterocycles. The van der Waals surface area contributed by atoms with Crippen LogP contribution in [0, 0.1) is 16.7 Å². The van der Waals surface area contributed by atoms with Crippen LogP contribution in [0.4, 0.5) is 0 Å². The van der Waals surface area contributed by atoms with Gasteiger partial charge in [0.1, 0.15) is 0 Å². The Morgan fingerprint density at radius 3 is 2.04 bits per heavy atom. The lowest BCUT2D eigenvalue weighted by Gasteiger charge is -2.35. The molecule has 0 fully saturated rings. The summed E-state index contributed by atoms with van der Waals surface area (Å²) in [6, 6.07) is 0. The molecular weight excluding hydrogens is 346 g/mol. The van der Waals surface area contributed by atoms with Gasteiger partial charge < -0.3 is 15.6 Å².